The molecule has 0 atom stereocenters. The third kappa shape index (κ3) is 6.51. The average molecular weight is 508 g/mol. The van der Waals surface area contributed by atoms with Gasteiger partial charge in [0.15, 0.2) is 0 Å². The maximum absolute atomic E-state index is 13.5. The Morgan fingerprint density at radius 2 is 1.61 bits per heavy atom. The van der Waals surface area contributed by atoms with Crippen molar-refractivity contribution in [2.75, 3.05) is 37.2 Å². The van der Waals surface area contributed by atoms with Crippen molar-refractivity contribution in [1.82, 2.24) is 10.2 Å². The zero-order chi connectivity index (χ0) is 25.5. The van der Waals surface area contributed by atoms with Gasteiger partial charge in [-0.2, -0.15) is 0 Å². The molecule has 1 saturated heterocycles. The Morgan fingerprint density at radius 3 is 2.28 bits per heavy atom. The fourth-order valence-electron chi connectivity index (χ4n) is 4.27. The minimum Gasteiger partial charge on any atom is -0.379 e. The van der Waals surface area contributed by atoms with E-state index in [0.717, 1.165) is 49.5 Å². The van der Waals surface area contributed by atoms with Crippen molar-refractivity contribution in [1.29, 1.82) is 0 Å². The number of benzene rings is 3. The second-order valence-corrected chi connectivity index (χ2v) is 11.0. The molecule has 1 amide bonds. The number of morpholine rings is 1. The molecule has 190 valence electrons. The Balaban J connectivity index is 1.44. The molecule has 36 heavy (non-hydrogen) atoms. The number of aryl methyl sites for hydroxylation is 2. The second kappa shape index (κ2) is 11.7. The number of hydrogen-bond donors (Lipinski definition) is 1. The molecule has 0 unspecified atom stereocenters. The Hall–Kier alpha value is -3.20. The quantitative estimate of drug-likeness (QED) is 0.478. The van der Waals surface area contributed by atoms with Crippen LogP contribution in [0.5, 0.6) is 0 Å². The first-order valence-corrected chi connectivity index (χ1v) is 13.6. The molecule has 4 rings (SSSR count). The summed E-state index contributed by atoms with van der Waals surface area (Å²) in [4.78, 5) is 15.5. The number of carbonyl (C=O) groups is 1. The van der Waals surface area contributed by atoms with Gasteiger partial charge in [0.2, 0.25) is 5.91 Å². The molecular weight excluding hydrogens is 474 g/mol. The Kier molecular flexibility index (Phi) is 8.40. The Bertz CT molecular complexity index is 1270. The van der Waals surface area contributed by atoms with E-state index in [0.29, 0.717) is 12.2 Å². The molecule has 1 aliphatic heterocycles. The topological polar surface area (TPSA) is 79.0 Å². The maximum Gasteiger partial charge on any atom is 0.264 e. The third-order valence-electron chi connectivity index (χ3n) is 6.26. The lowest BCUT2D eigenvalue weighted by Gasteiger charge is -2.26. The van der Waals surface area contributed by atoms with Gasteiger partial charge in [-0.3, -0.25) is 14.0 Å². The molecule has 3 aromatic rings. The van der Waals surface area contributed by atoms with E-state index in [1.54, 1.807) is 36.4 Å². The fourth-order valence-corrected chi connectivity index (χ4v) is 5.78. The van der Waals surface area contributed by atoms with Crippen molar-refractivity contribution in [3.05, 3.63) is 95.1 Å². The Morgan fingerprint density at radius 1 is 0.944 bits per heavy atom. The van der Waals surface area contributed by atoms with Crippen LogP contribution < -0.4 is 9.62 Å². The minimum atomic E-state index is -3.93. The minimum absolute atomic E-state index is 0.147. The van der Waals surface area contributed by atoms with E-state index in [9.17, 15) is 13.2 Å². The first kappa shape index (κ1) is 25.9. The van der Waals surface area contributed by atoms with Crippen molar-refractivity contribution in [3.8, 4) is 0 Å². The number of hydrogen-bond acceptors (Lipinski definition) is 5. The molecule has 8 heteroatoms. The predicted molar refractivity (Wildman–Crippen MR) is 141 cm³/mol. The average Bonchev–Trinajstić information content (AvgIpc) is 2.88. The molecule has 1 fully saturated rings. The van der Waals surface area contributed by atoms with Crippen LogP contribution in [-0.4, -0.2) is 52.1 Å². The predicted octanol–water partition coefficient (Wildman–Crippen LogP) is 3.65. The molecule has 0 aromatic heterocycles. The summed E-state index contributed by atoms with van der Waals surface area (Å²) in [6, 6.07) is 21.9. The first-order chi connectivity index (χ1) is 17.3. The highest BCUT2D eigenvalue weighted by atomic mass is 32.2. The summed E-state index contributed by atoms with van der Waals surface area (Å²) < 4.78 is 33.6. The van der Waals surface area contributed by atoms with Gasteiger partial charge in [-0.05, 0) is 48.7 Å². The summed E-state index contributed by atoms with van der Waals surface area (Å²) in [5.74, 6) is -0.369. The molecule has 0 radical (unpaired) electrons. The number of rotatable bonds is 9. The van der Waals surface area contributed by atoms with E-state index in [1.165, 1.54) is 9.87 Å². The van der Waals surface area contributed by atoms with Crippen LogP contribution in [0.15, 0.2) is 77.7 Å². The normalized spacial score (nSPS) is 14.4. The number of nitrogens with one attached hydrogen (secondary N) is 1. The molecule has 3 aromatic carbocycles. The summed E-state index contributed by atoms with van der Waals surface area (Å²) in [5.41, 5.74) is 4.47. The van der Waals surface area contributed by atoms with Crippen LogP contribution in [0.4, 0.5) is 5.69 Å². The highest BCUT2D eigenvalue weighted by molar-refractivity contribution is 7.92. The largest absolute Gasteiger partial charge is 0.379 e. The van der Waals surface area contributed by atoms with Crippen LogP contribution in [0.25, 0.3) is 0 Å². The SMILES string of the molecule is Cc1ccc(N(CC(=O)NCc2ccc(CN3CCOCC3)cc2)S(=O)(=O)c2ccccc2)c(C)c1. The van der Waals surface area contributed by atoms with Gasteiger partial charge >= 0.3 is 0 Å². The van der Waals surface area contributed by atoms with Crippen LogP contribution in [0.2, 0.25) is 0 Å². The smallest absolute Gasteiger partial charge is 0.264 e. The van der Waals surface area contributed by atoms with Crippen molar-refractivity contribution < 1.29 is 17.9 Å². The molecule has 1 aliphatic rings. The zero-order valence-corrected chi connectivity index (χ0v) is 21.6. The highest BCUT2D eigenvalue weighted by Crippen LogP contribution is 2.27. The molecule has 0 bridgehead atoms. The fraction of sp³-hybridized carbons (Fsp3) is 0.321. The Labute approximate surface area is 213 Å². The van der Waals surface area contributed by atoms with Crippen molar-refractivity contribution in [3.63, 3.8) is 0 Å². The maximum atomic E-state index is 13.5. The van der Waals surface area contributed by atoms with E-state index in [2.05, 4.69) is 22.3 Å². The van der Waals surface area contributed by atoms with Crippen molar-refractivity contribution in [2.24, 2.45) is 0 Å². The number of sulfonamides is 1. The van der Waals surface area contributed by atoms with Crippen molar-refractivity contribution in [2.45, 2.75) is 31.8 Å². The molecule has 0 spiro atoms. The van der Waals surface area contributed by atoms with Gasteiger partial charge in [0.05, 0.1) is 23.8 Å². The first-order valence-electron chi connectivity index (χ1n) is 12.1. The van der Waals surface area contributed by atoms with E-state index >= 15 is 0 Å². The van der Waals surface area contributed by atoms with Crippen LogP contribution in [0.3, 0.4) is 0 Å². The monoisotopic (exact) mass is 507 g/mol. The van der Waals surface area contributed by atoms with Crippen LogP contribution in [-0.2, 0) is 32.6 Å². The number of ether oxygens (including phenoxy) is 1. The van der Waals surface area contributed by atoms with Gasteiger partial charge in [-0.1, -0.05) is 60.2 Å². The van der Waals surface area contributed by atoms with Gasteiger partial charge < -0.3 is 10.1 Å². The number of carbonyl (C=O) groups excluding carboxylic acids is 1. The molecule has 1 N–H and O–H groups in total. The number of amides is 1. The summed E-state index contributed by atoms with van der Waals surface area (Å²) in [5, 5.41) is 2.88. The van der Waals surface area contributed by atoms with Crippen LogP contribution >= 0.6 is 0 Å². The van der Waals surface area contributed by atoms with E-state index in [4.69, 9.17) is 4.74 Å². The lowest BCUT2D eigenvalue weighted by atomic mass is 10.1. The highest BCUT2D eigenvalue weighted by Gasteiger charge is 2.28. The van der Waals surface area contributed by atoms with Gasteiger partial charge in [-0.15, -0.1) is 0 Å². The summed E-state index contributed by atoms with van der Waals surface area (Å²) in [6.07, 6.45) is 0. The zero-order valence-electron chi connectivity index (χ0n) is 20.8. The summed E-state index contributed by atoms with van der Waals surface area (Å²) in [7, 11) is -3.93. The van der Waals surface area contributed by atoms with E-state index in [-0.39, 0.29) is 17.3 Å². The van der Waals surface area contributed by atoms with Crippen molar-refractivity contribution >= 4 is 21.6 Å². The summed E-state index contributed by atoms with van der Waals surface area (Å²) >= 11 is 0. The standard InChI is InChI=1S/C28H33N3O4S/c1-22-8-13-27(23(2)18-22)31(36(33,34)26-6-4-3-5-7-26)21-28(32)29-19-24-9-11-25(12-10-24)20-30-14-16-35-17-15-30/h3-13,18H,14-17,19-21H2,1-2H3,(H,29,32). The summed E-state index contributed by atoms with van der Waals surface area (Å²) in [6.45, 7) is 8.09. The van der Waals surface area contributed by atoms with E-state index in [1.807, 2.05) is 38.1 Å². The molecule has 0 saturated carbocycles. The lowest BCUT2D eigenvalue weighted by molar-refractivity contribution is -0.119. The number of nitrogens with zero attached hydrogens (tertiary/aromatic N) is 2. The molecular formula is C28H33N3O4S. The number of anilines is 1. The van der Waals surface area contributed by atoms with E-state index < -0.39 is 10.0 Å². The molecule has 0 aliphatic carbocycles. The second-order valence-electron chi connectivity index (χ2n) is 9.10. The lowest BCUT2D eigenvalue weighted by Crippen LogP contribution is -2.41. The van der Waals surface area contributed by atoms with Crippen LogP contribution in [0, 0.1) is 13.8 Å². The van der Waals surface area contributed by atoms with Gasteiger partial charge in [0.25, 0.3) is 10.0 Å². The van der Waals surface area contributed by atoms with Gasteiger partial charge in [0, 0.05) is 26.2 Å². The van der Waals surface area contributed by atoms with Gasteiger partial charge in [0.1, 0.15) is 6.54 Å². The third-order valence-corrected chi connectivity index (χ3v) is 8.04. The molecule has 7 nitrogen and oxygen atoms in total. The molecule has 1 heterocycles. The van der Waals surface area contributed by atoms with Gasteiger partial charge in [-0.25, -0.2) is 8.42 Å². The van der Waals surface area contributed by atoms with Crippen LogP contribution in [0.1, 0.15) is 22.3 Å².